The zero-order chi connectivity index (χ0) is 47.4. The average molecular weight is 896 g/mol. The van der Waals surface area contributed by atoms with Gasteiger partial charge < -0.3 is 9.52 Å². The molecule has 0 bridgehead atoms. The highest BCUT2D eigenvalue weighted by molar-refractivity contribution is 6.11. The van der Waals surface area contributed by atoms with Gasteiger partial charge in [0.05, 0.1) is 22.4 Å². The minimum Gasteiger partial charge on any atom is -0.507 e. The van der Waals surface area contributed by atoms with Crippen molar-refractivity contribution < 1.29 is 9.52 Å². The lowest BCUT2D eigenvalue weighted by molar-refractivity contribution is 0.476. The van der Waals surface area contributed by atoms with Crippen LogP contribution in [0.15, 0.2) is 150 Å². The van der Waals surface area contributed by atoms with Crippen molar-refractivity contribution in [3.8, 4) is 78.7 Å². The van der Waals surface area contributed by atoms with E-state index in [9.17, 15) is 5.11 Å². The first-order chi connectivity index (χ1) is 33.4. The fraction of sp³-hybridized carbons (Fsp3) is 0.156. The molecule has 0 amide bonds. The molecule has 0 atom stereocenters. The number of nitrogens with zero attached hydrogens (tertiary/aromatic N) is 3. The van der Waals surface area contributed by atoms with Crippen molar-refractivity contribution in [1.82, 2.24) is 14.5 Å². The topological polar surface area (TPSA) is 64.1 Å². The molecule has 336 valence electrons. The molecule has 3 heterocycles. The molecule has 0 spiro atoms. The van der Waals surface area contributed by atoms with Crippen LogP contribution in [0.5, 0.6) is 5.75 Å². The number of phenols is 1. The number of aryl methyl sites for hydroxylation is 10. The van der Waals surface area contributed by atoms with Gasteiger partial charge in [-0.3, -0.25) is 4.57 Å². The Morgan fingerprint density at radius 3 is 1.77 bits per heavy atom. The molecule has 0 fully saturated rings. The minimum absolute atomic E-state index is 0.252. The Balaban J connectivity index is 1.25. The maximum atomic E-state index is 11.3. The summed E-state index contributed by atoms with van der Waals surface area (Å²) in [6.07, 6.45) is 1.71. The summed E-state index contributed by atoms with van der Waals surface area (Å²) >= 11 is 0. The molecule has 11 aromatic rings. The minimum atomic E-state index is 0.252. The lowest BCUT2D eigenvalue weighted by Gasteiger charge is -2.24. The average Bonchev–Trinajstić information content (AvgIpc) is 3.89. The van der Waals surface area contributed by atoms with Crippen molar-refractivity contribution in [3.63, 3.8) is 0 Å². The largest absolute Gasteiger partial charge is 0.507 e. The van der Waals surface area contributed by atoms with Gasteiger partial charge in [0.15, 0.2) is 5.82 Å². The SMILES string of the molecule is Cc1cc(C)c(-c2cccc(-c3c(C)cc(C)cc3C)c2-c2ccc3c(nc(-c4ccc5c(n4)-c4c(O)cccc4CC5)n3-c3c(C)cccc3C)c2-c2ccc3c(c2)oc2ccccc23)c(C)c1. The number of pyridine rings is 1. The third-order valence-electron chi connectivity index (χ3n) is 14.6. The molecule has 1 aliphatic carbocycles. The van der Waals surface area contributed by atoms with E-state index in [2.05, 4.69) is 181 Å². The van der Waals surface area contributed by atoms with E-state index < -0.39 is 0 Å². The monoisotopic (exact) mass is 895 g/mol. The zero-order valence-electron chi connectivity index (χ0n) is 40.5. The molecule has 0 saturated heterocycles. The number of fused-ring (bicyclic) bond motifs is 7. The molecule has 0 aliphatic heterocycles. The maximum Gasteiger partial charge on any atom is 0.164 e. The lowest BCUT2D eigenvalue weighted by Crippen LogP contribution is -2.08. The van der Waals surface area contributed by atoms with Crippen molar-refractivity contribution in [2.45, 2.75) is 68.2 Å². The quantitative estimate of drug-likeness (QED) is 0.181. The molecule has 0 radical (unpaired) electrons. The molecule has 0 unspecified atom stereocenters. The summed E-state index contributed by atoms with van der Waals surface area (Å²) in [6.45, 7) is 17.7. The van der Waals surface area contributed by atoms with E-state index in [1.807, 2.05) is 18.2 Å². The van der Waals surface area contributed by atoms with Gasteiger partial charge in [-0.2, -0.15) is 0 Å². The lowest BCUT2D eigenvalue weighted by atomic mass is 9.80. The van der Waals surface area contributed by atoms with Crippen LogP contribution in [-0.4, -0.2) is 19.6 Å². The van der Waals surface area contributed by atoms with E-state index in [-0.39, 0.29) is 5.75 Å². The first-order valence-corrected chi connectivity index (χ1v) is 24.1. The van der Waals surface area contributed by atoms with E-state index in [0.717, 1.165) is 119 Å². The first kappa shape index (κ1) is 42.3. The van der Waals surface area contributed by atoms with Crippen molar-refractivity contribution in [3.05, 3.63) is 201 Å². The number of rotatable bonds is 6. The fourth-order valence-electron chi connectivity index (χ4n) is 11.9. The number of hydrogen-bond acceptors (Lipinski definition) is 4. The van der Waals surface area contributed by atoms with E-state index in [4.69, 9.17) is 14.4 Å². The van der Waals surface area contributed by atoms with Gasteiger partial charge in [0.1, 0.15) is 22.6 Å². The van der Waals surface area contributed by atoms with Gasteiger partial charge in [0, 0.05) is 21.9 Å². The summed E-state index contributed by atoms with van der Waals surface area (Å²) < 4.78 is 9.00. The van der Waals surface area contributed by atoms with Crippen LogP contribution in [-0.2, 0) is 12.8 Å². The Hall–Kier alpha value is -8.02. The molecule has 69 heavy (non-hydrogen) atoms. The van der Waals surface area contributed by atoms with Gasteiger partial charge in [-0.15, -0.1) is 0 Å². The second-order valence-electron chi connectivity index (χ2n) is 19.5. The molecule has 1 N–H and O–H groups in total. The summed E-state index contributed by atoms with van der Waals surface area (Å²) in [4.78, 5) is 11.3. The molecule has 8 aromatic carbocycles. The van der Waals surface area contributed by atoms with Crippen molar-refractivity contribution in [2.24, 2.45) is 0 Å². The van der Waals surface area contributed by atoms with E-state index >= 15 is 0 Å². The first-order valence-electron chi connectivity index (χ1n) is 24.1. The number of aromatic hydroxyl groups is 1. The fourth-order valence-corrected chi connectivity index (χ4v) is 11.9. The Bertz CT molecular complexity index is 3810. The highest BCUT2D eigenvalue weighted by atomic mass is 16.3. The zero-order valence-corrected chi connectivity index (χ0v) is 40.5. The van der Waals surface area contributed by atoms with Crippen molar-refractivity contribution in [1.29, 1.82) is 0 Å². The van der Waals surface area contributed by atoms with E-state index in [0.29, 0.717) is 0 Å². The summed E-state index contributed by atoms with van der Waals surface area (Å²) in [5.74, 6) is 0.988. The van der Waals surface area contributed by atoms with Crippen LogP contribution in [0.4, 0.5) is 0 Å². The van der Waals surface area contributed by atoms with Gasteiger partial charge in [-0.05, 0) is 188 Å². The number of hydrogen-bond donors (Lipinski definition) is 1. The Kier molecular flexibility index (Phi) is 9.86. The molecular formula is C64H53N3O2. The van der Waals surface area contributed by atoms with Crippen LogP contribution in [0.1, 0.15) is 55.6 Å². The molecule has 12 rings (SSSR count). The third-order valence-corrected chi connectivity index (χ3v) is 14.6. The number of aromatic nitrogens is 3. The Morgan fingerprint density at radius 1 is 0.464 bits per heavy atom. The number of benzene rings is 8. The number of phenolic OH excluding ortho intramolecular Hbond substituents is 1. The summed E-state index contributed by atoms with van der Waals surface area (Å²) in [5, 5.41) is 13.5. The Morgan fingerprint density at radius 2 is 1.07 bits per heavy atom. The predicted octanol–water partition coefficient (Wildman–Crippen LogP) is 16.6. The number of imidazole rings is 1. The second kappa shape index (κ2) is 16.1. The van der Waals surface area contributed by atoms with E-state index in [1.54, 1.807) is 6.07 Å². The van der Waals surface area contributed by atoms with Gasteiger partial charge in [0.2, 0.25) is 0 Å². The number of para-hydroxylation sites is 2. The van der Waals surface area contributed by atoms with E-state index in [1.165, 1.54) is 55.6 Å². The van der Waals surface area contributed by atoms with Gasteiger partial charge in [0.25, 0.3) is 0 Å². The number of furan rings is 1. The predicted molar refractivity (Wildman–Crippen MR) is 286 cm³/mol. The molecule has 1 aliphatic rings. The highest BCUT2D eigenvalue weighted by Crippen LogP contribution is 2.50. The summed E-state index contributed by atoms with van der Waals surface area (Å²) in [7, 11) is 0. The van der Waals surface area contributed by atoms with Gasteiger partial charge in [-0.25, -0.2) is 9.97 Å². The van der Waals surface area contributed by atoms with Gasteiger partial charge >= 0.3 is 0 Å². The molecule has 0 saturated carbocycles. The van der Waals surface area contributed by atoms with Gasteiger partial charge in [-0.1, -0.05) is 120 Å². The normalized spacial score (nSPS) is 12.3. The standard InChI is InChI=1S/C64H53N3O2/c1-35-30-39(5)56(40(6)31-35)48-18-13-19-49(57-41(7)32-36(2)33-42(57)8)60(48)50-27-29-52-62(58(50)45-24-26-47-46-17-9-10-21-54(46)69-55(47)34-45)66-64(67(52)63-37(3)14-11-15-38(63)4)51-28-25-44-23-22-43-16-12-20-53(68)59(43)61(44)65-51/h9-21,24-34,68H,22-23H2,1-8H3. The Labute approximate surface area is 403 Å². The van der Waals surface area contributed by atoms with Crippen molar-refractivity contribution >= 4 is 33.0 Å². The molecule has 3 aromatic heterocycles. The maximum absolute atomic E-state index is 11.3. The summed E-state index contributed by atoms with van der Waals surface area (Å²) in [6, 6.07) is 52.3. The van der Waals surface area contributed by atoms with Crippen LogP contribution < -0.4 is 0 Å². The van der Waals surface area contributed by atoms with Crippen LogP contribution in [0.3, 0.4) is 0 Å². The van der Waals surface area contributed by atoms with Crippen LogP contribution in [0.25, 0.3) is 106 Å². The molecule has 5 nitrogen and oxygen atoms in total. The van der Waals surface area contributed by atoms with Crippen LogP contribution in [0, 0.1) is 55.4 Å². The van der Waals surface area contributed by atoms with Crippen LogP contribution in [0.2, 0.25) is 0 Å². The van der Waals surface area contributed by atoms with Crippen molar-refractivity contribution in [2.75, 3.05) is 0 Å². The highest BCUT2D eigenvalue weighted by Gasteiger charge is 2.29. The molecule has 5 heteroatoms. The smallest absolute Gasteiger partial charge is 0.164 e. The third kappa shape index (κ3) is 6.74. The summed E-state index contributed by atoms with van der Waals surface area (Å²) in [5.41, 5.74) is 28.0. The second-order valence-corrected chi connectivity index (χ2v) is 19.5. The van der Waals surface area contributed by atoms with Crippen LogP contribution >= 0.6 is 0 Å². The molecular weight excluding hydrogens is 843 g/mol.